The first-order valence-corrected chi connectivity index (χ1v) is 20.6. The molecule has 1 aliphatic carbocycles. The number of nitrogens with zero attached hydrogens (tertiary/aromatic N) is 3. The second-order valence-electron chi connectivity index (χ2n) is 15.4. The molecule has 11 rings (SSSR count). The molecule has 0 N–H and O–H groups in total. The van der Waals surface area contributed by atoms with Crippen molar-refractivity contribution in [2.45, 2.75) is 5.41 Å². The molecule has 10 aromatic rings. The van der Waals surface area contributed by atoms with Crippen LogP contribution in [0, 0.1) is 12.3 Å². The van der Waals surface area contributed by atoms with Crippen molar-refractivity contribution < 1.29 is 0 Å². The van der Waals surface area contributed by atoms with Gasteiger partial charge in [-0.25, -0.2) is 15.0 Å². The van der Waals surface area contributed by atoms with E-state index in [1.54, 1.807) is 0 Å². The van der Waals surface area contributed by atoms with Gasteiger partial charge in [0.05, 0.1) is 5.41 Å². The van der Waals surface area contributed by atoms with Gasteiger partial charge in [0.2, 0.25) is 0 Å². The highest BCUT2D eigenvalue weighted by molar-refractivity contribution is 6.08. The van der Waals surface area contributed by atoms with Crippen molar-refractivity contribution in [3.8, 4) is 79.9 Å². The largest absolute Gasteiger partial charge is 0.208 e. The fraction of sp³-hybridized carbons (Fsp3) is 0.0172. The van der Waals surface area contributed by atoms with Gasteiger partial charge in [-0.2, -0.15) is 0 Å². The van der Waals surface area contributed by atoms with Crippen molar-refractivity contribution in [2.75, 3.05) is 0 Å². The zero-order valence-corrected chi connectivity index (χ0v) is 33.2. The van der Waals surface area contributed by atoms with Gasteiger partial charge in [-0.1, -0.05) is 218 Å². The summed E-state index contributed by atoms with van der Waals surface area (Å²) in [6, 6.07) is 77.3. The second kappa shape index (κ2) is 14.9. The quantitative estimate of drug-likeness (QED) is 0.151. The van der Waals surface area contributed by atoms with Crippen molar-refractivity contribution in [3.05, 3.63) is 246 Å². The van der Waals surface area contributed by atoms with E-state index in [4.69, 9.17) is 21.4 Å². The lowest BCUT2D eigenvalue weighted by Crippen LogP contribution is -2.28. The highest BCUT2D eigenvalue weighted by Crippen LogP contribution is 2.60. The summed E-state index contributed by atoms with van der Waals surface area (Å²) in [6.45, 7) is 0. The predicted molar refractivity (Wildman–Crippen MR) is 250 cm³/mol. The molecule has 3 nitrogen and oxygen atoms in total. The van der Waals surface area contributed by atoms with Gasteiger partial charge < -0.3 is 0 Å². The van der Waals surface area contributed by atoms with Crippen LogP contribution in [0.25, 0.3) is 78.3 Å². The average Bonchev–Trinajstić information content (AvgIpc) is 3.65. The van der Waals surface area contributed by atoms with Gasteiger partial charge in [0.15, 0.2) is 17.5 Å². The molecular formula is C58H37N3. The van der Waals surface area contributed by atoms with Crippen LogP contribution in [-0.2, 0) is 5.41 Å². The van der Waals surface area contributed by atoms with Gasteiger partial charge in [-0.3, -0.25) is 0 Å². The zero-order chi connectivity index (χ0) is 40.8. The van der Waals surface area contributed by atoms with Crippen LogP contribution in [0.4, 0.5) is 0 Å². The van der Waals surface area contributed by atoms with Crippen LogP contribution in [-0.4, -0.2) is 15.0 Å². The Morgan fingerprint density at radius 3 is 1.36 bits per heavy atom. The van der Waals surface area contributed by atoms with Crippen LogP contribution >= 0.6 is 0 Å². The van der Waals surface area contributed by atoms with E-state index in [1.807, 2.05) is 60.7 Å². The average molecular weight is 776 g/mol. The van der Waals surface area contributed by atoms with Gasteiger partial charge in [-0.15, -0.1) is 6.42 Å². The smallest absolute Gasteiger partial charge is 0.164 e. The second-order valence-corrected chi connectivity index (χ2v) is 15.4. The molecule has 1 heterocycles. The topological polar surface area (TPSA) is 38.7 Å². The van der Waals surface area contributed by atoms with Crippen molar-refractivity contribution in [2.24, 2.45) is 0 Å². The van der Waals surface area contributed by atoms with E-state index in [0.29, 0.717) is 17.5 Å². The van der Waals surface area contributed by atoms with Crippen molar-refractivity contribution in [1.82, 2.24) is 15.0 Å². The molecule has 9 aromatic carbocycles. The third kappa shape index (κ3) is 5.88. The lowest BCUT2D eigenvalue weighted by Gasteiger charge is -2.34. The molecule has 0 fully saturated rings. The van der Waals surface area contributed by atoms with Crippen molar-refractivity contribution >= 4 is 10.8 Å². The first kappa shape index (κ1) is 35.9. The van der Waals surface area contributed by atoms with Crippen LogP contribution in [0.5, 0.6) is 0 Å². The monoisotopic (exact) mass is 775 g/mol. The van der Waals surface area contributed by atoms with Gasteiger partial charge in [0.25, 0.3) is 0 Å². The number of rotatable bonds is 7. The highest BCUT2D eigenvalue weighted by atomic mass is 15.0. The molecule has 0 saturated carbocycles. The zero-order valence-electron chi connectivity index (χ0n) is 33.2. The SMILES string of the molecule is C#Cc1ccc(-c2ccc3c(c2-c2ccc(-c4nc(-c5ccccc5)nc(-c5ccccc5)n4)cc2)-c2ccccc2C3(c2ccccc2)c2ccccc2)c2ccccc12. The number of fused-ring (bicyclic) bond motifs is 4. The van der Waals surface area contributed by atoms with E-state index in [-0.39, 0.29) is 0 Å². The Balaban J connectivity index is 1.18. The number of hydrogen-bond acceptors (Lipinski definition) is 3. The molecular weight excluding hydrogens is 739 g/mol. The molecule has 61 heavy (non-hydrogen) atoms. The van der Waals surface area contributed by atoms with Gasteiger partial charge in [0.1, 0.15) is 0 Å². The Morgan fingerprint density at radius 1 is 0.328 bits per heavy atom. The first-order valence-electron chi connectivity index (χ1n) is 20.6. The van der Waals surface area contributed by atoms with E-state index in [0.717, 1.165) is 55.3 Å². The summed E-state index contributed by atoms with van der Waals surface area (Å²) in [4.78, 5) is 15.0. The first-order chi connectivity index (χ1) is 30.2. The van der Waals surface area contributed by atoms with Gasteiger partial charge >= 0.3 is 0 Å². The number of benzene rings is 9. The molecule has 0 saturated heterocycles. The Labute approximate surface area is 355 Å². The number of aromatic nitrogens is 3. The molecule has 284 valence electrons. The van der Waals surface area contributed by atoms with Gasteiger partial charge in [0, 0.05) is 22.3 Å². The summed E-state index contributed by atoms with van der Waals surface area (Å²) < 4.78 is 0. The van der Waals surface area contributed by atoms with Crippen LogP contribution in [0.15, 0.2) is 218 Å². The normalized spacial score (nSPS) is 12.4. The summed E-state index contributed by atoms with van der Waals surface area (Å²) in [6.07, 6.45) is 6.08. The Kier molecular flexibility index (Phi) is 8.77. The molecule has 0 spiro atoms. The predicted octanol–water partition coefficient (Wildman–Crippen LogP) is 13.7. The maximum absolute atomic E-state index is 6.08. The lowest BCUT2D eigenvalue weighted by atomic mass is 9.67. The molecule has 1 aromatic heterocycles. The molecule has 0 radical (unpaired) electrons. The Bertz CT molecular complexity index is 3180. The maximum atomic E-state index is 6.08. The molecule has 3 heteroatoms. The van der Waals surface area contributed by atoms with Crippen molar-refractivity contribution in [3.63, 3.8) is 0 Å². The summed E-state index contributed by atoms with van der Waals surface area (Å²) in [5, 5.41) is 2.18. The summed E-state index contributed by atoms with van der Waals surface area (Å²) >= 11 is 0. The number of hydrogen-bond donors (Lipinski definition) is 0. The summed E-state index contributed by atoms with van der Waals surface area (Å²) in [7, 11) is 0. The third-order valence-corrected chi connectivity index (χ3v) is 12.1. The van der Waals surface area contributed by atoms with Crippen LogP contribution in [0.1, 0.15) is 27.8 Å². The summed E-state index contributed by atoms with van der Waals surface area (Å²) in [5.41, 5.74) is 15.0. The van der Waals surface area contributed by atoms with E-state index in [9.17, 15) is 0 Å². The van der Waals surface area contributed by atoms with Crippen LogP contribution in [0.2, 0.25) is 0 Å². The minimum atomic E-state index is -0.552. The minimum absolute atomic E-state index is 0.552. The fourth-order valence-electron chi connectivity index (χ4n) is 9.44. The van der Waals surface area contributed by atoms with E-state index >= 15 is 0 Å². The third-order valence-electron chi connectivity index (χ3n) is 12.1. The standard InChI is InChI=1S/C58H37N3/c1-2-39-35-36-48(47-28-16-15-27-46(39)47)49-37-38-52-54(50-29-17-18-30-51(50)58(52,44-23-11-5-12-24-44)45-25-13-6-14-26-45)53(49)40-31-33-43(34-32-40)57-60-55(41-19-7-3-8-20-41)59-56(61-57)42-21-9-4-10-22-42/h1,3-38H. The maximum Gasteiger partial charge on any atom is 0.164 e. The molecule has 0 unspecified atom stereocenters. The minimum Gasteiger partial charge on any atom is -0.208 e. The van der Waals surface area contributed by atoms with Crippen LogP contribution in [0.3, 0.4) is 0 Å². The molecule has 0 bridgehead atoms. The lowest BCUT2D eigenvalue weighted by molar-refractivity contribution is 0.768. The molecule has 0 atom stereocenters. The Morgan fingerprint density at radius 2 is 0.787 bits per heavy atom. The molecule has 0 aliphatic heterocycles. The van der Waals surface area contributed by atoms with E-state index in [1.165, 1.54) is 33.4 Å². The molecule has 0 amide bonds. The number of terminal acetylenes is 1. The van der Waals surface area contributed by atoms with E-state index < -0.39 is 5.41 Å². The van der Waals surface area contributed by atoms with Crippen molar-refractivity contribution in [1.29, 1.82) is 0 Å². The van der Waals surface area contributed by atoms with Gasteiger partial charge in [-0.05, 0) is 72.5 Å². The highest BCUT2D eigenvalue weighted by Gasteiger charge is 2.47. The summed E-state index contributed by atoms with van der Waals surface area (Å²) in [5.74, 6) is 4.81. The fourth-order valence-corrected chi connectivity index (χ4v) is 9.44. The van der Waals surface area contributed by atoms with E-state index in [2.05, 4.69) is 164 Å². The van der Waals surface area contributed by atoms with Crippen LogP contribution < -0.4 is 0 Å². The Hall–Kier alpha value is -8.19. The molecule has 1 aliphatic rings.